The monoisotopic (exact) mass is 1010 g/mol. The van der Waals surface area contributed by atoms with Crippen molar-refractivity contribution in [3.8, 4) is 62.2 Å². The molecule has 5 heteroatoms. The number of para-hydroxylation sites is 6. The minimum absolute atomic E-state index is 0.00284. The molecule has 0 aliphatic carbocycles. The van der Waals surface area contributed by atoms with Crippen LogP contribution in [0.4, 0.5) is 0 Å². The predicted molar refractivity (Wildman–Crippen MR) is 325 cm³/mol. The second kappa shape index (κ2) is 17.2. The third-order valence-electron chi connectivity index (χ3n) is 14.7. The van der Waals surface area contributed by atoms with Gasteiger partial charge in [0.15, 0.2) is 0 Å². The molecule has 5 nitrogen and oxygen atoms in total. The lowest BCUT2D eigenvalue weighted by atomic mass is 9.93. The van der Waals surface area contributed by atoms with E-state index in [4.69, 9.17) is 13.7 Å². The number of hydrogen-bond acceptors (Lipinski definition) is 1. The predicted octanol–water partition coefficient (Wildman–Crippen LogP) is 18.9. The van der Waals surface area contributed by atoms with E-state index in [-0.39, 0.29) is 94.2 Å². The van der Waals surface area contributed by atoms with Gasteiger partial charge in [-0.3, -0.25) is 0 Å². The maximum atomic E-state index is 13.1. The Bertz CT molecular complexity index is 6050. The largest absolute Gasteiger partial charge is 0.306 e. The Labute approximate surface area is 481 Å². The Morgan fingerprint density at radius 1 is 0.269 bits per heavy atom. The van der Waals surface area contributed by atoms with Crippen molar-refractivity contribution in [3.63, 3.8) is 0 Å². The van der Waals surface area contributed by atoms with Crippen LogP contribution in [0.2, 0.25) is 0 Å². The number of benzene rings is 12. The average molecular weight is 1020 g/mol. The van der Waals surface area contributed by atoms with Gasteiger partial charge in [-0.05, 0) is 88.4 Å². The maximum Gasteiger partial charge on any atom is 0.104 e. The third-order valence-corrected chi connectivity index (χ3v) is 14.7. The van der Waals surface area contributed by atoms with Crippen molar-refractivity contribution >= 4 is 87.2 Å². The van der Waals surface area contributed by atoms with Gasteiger partial charge in [0.2, 0.25) is 0 Å². The van der Waals surface area contributed by atoms with Crippen LogP contribution < -0.4 is 0 Å². The lowest BCUT2D eigenvalue weighted by Gasteiger charge is -2.29. The van der Waals surface area contributed by atoms with Gasteiger partial charge in [-0.1, -0.05) is 212 Å². The Morgan fingerprint density at radius 3 is 0.974 bits per heavy atom. The number of nitrogens with zero attached hydrogens (tertiary/aromatic N) is 5. The van der Waals surface area contributed by atoms with Gasteiger partial charge in [0.05, 0.1) is 98.4 Å². The minimum Gasteiger partial charge on any atom is -0.306 e. The molecular formula is C73H45N5. The number of hydrogen-bond donors (Lipinski definition) is 0. The van der Waals surface area contributed by atoms with Crippen LogP contribution in [-0.4, -0.2) is 18.3 Å². The summed E-state index contributed by atoms with van der Waals surface area (Å²) in [7, 11) is 0. The van der Waals surface area contributed by atoms with Crippen LogP contribution in [0.15, 0.2) is 272 Å². The van der Waals surface area contributed by atoms with Crippen LogP contribution in [0.3, 0.4) is 0 Å². The molecule has 0 bridgehead atoms. The van der Waals surface area contributed by atoms with E-state index < -0.39 is 150 Å². The molecule has 0 fully saturated rings. The van der Waals surface area contributed by atoms with Crippen molar-refractivity contribution < 1.29 is 31.5 Å². The van der Waals surface area contributed by atoms with Crippen molar-refractivity contribution in [3.05, 3.63) is 278 Å². The van der Waals surface area contributed by atoms with Crippen molar-refractivity contribution in [1.29, 1.82) is 5.26 Å². The zero-order chi connectivity index (χ0) is 71.4. The summed E-state index contributed by atoms with van der Waals surface area (Å²) in [6.45, 7) is 0. The van der Waals surface area contributed by atoms with Crippen molar-refractivity contribution in [2.45, 2.75) is 0 Å². The number of rotatable bonds is 7. The molecular weight excluding hydrogens is 947 g/mol. The molecule has 16 rings (SSSR count). The summed E-state index contributed by atoms with van der Waals surface area (Å²) in [5.41, 5.74) is -1.88. The topological polar surface area (TPSA) is 43.5 Å². The highest BCUT2D eigenvalue weighted by Crippen LogP contribution is 2.52. The summed E-state index contributed by atoms with van der Waals surface area (Å²) >= 11 is 0. The average Bonchev–Trinajstić information content (AvgIpc) is 1.58. The van der Waals surface area contributed by atoms with Gasteiger partial charge >= 0.3 is 0 Å². The van der Waals surface area contributed by atoms with Crippen molar-refractivity contribution in [1.82, 2.24) is 18.3 Å². The molecule has 4 heterocycles. The van der Waals surface area contributed by atoms with E-state index >= 15 is 0 Å². The first-order valence-electron chi connectivity index (χ1n) is 36.2. The first kappa shape index (κ1) is 26.7. The van der Waals surface area contributed by atoms with Gasteiger partial charge in [0.25, 0.3) is 0 Å². The summed E-state index contributed by atoms with van der Waals surface area (Å²) < 4.78 is 222. The van der Waals surface area contributed by atoms with Gasteiger partial charge in [0.1, 0.15) is 11.6 Å². The highest BCUT2D eigenvalue weighted by Gasteiger charge is 2.35. The number of nitriles is 1. The van der Waals surface area contributed by atoms with Crippen molar-refractivity contribution in [2.24, 2.45) is 0 Å². The summed E-state index contributed by atoms with van der Waals surface area (Å²) in [4.78, 5) is 0. The van der Waals surface area contributed by atoms with E-state index in [9.17, 15) is 23.1 Å². The fraction of sp³-hybridized carbons (Fsp3) is 0. The molecule has 4 aromatic heterocycles. The molecule has 0 saturated heterocycles. The Balaban J connectivity index is 1.28. The molecule has 0 aliphatic rings. The van der Waals surface area contributed by atoms with Crippen LogP contribution in [0.5, 0.6) is 0 Å². The van der Waals surface area contributed by atoms with E-state index in [1.165, 1.54) is 45.5 Å². The van der Waals surface area contributed by atoms with Crippen LogP contribution in [-0.2, 0) is 0 Å². The van der Waals surface area contributed by atoms with Gasteiger partial charge in [-0.15, -0.1) is 0 Å². The zero-order valence-electron chi connectivity index (χ0n) is 63.4. The van der Waals surface area contributed by atoms with E-state index in [1.54, 1.807) is 81.9 Å². The standard InChI is InChI=1S/C73H45N5/c74-46-60-70(75-61-34-16-10-28-52(61)53-29-11-17-35-62(53)75)72(77-65-38-20-14-32-56(65)58-44-50(40-42-67(58)77)47-22-4-1-5-23-47)69(49-26-8-3-9-27-49)73(71(60)76-63-36-18-12-30-54(63)55-31-13-19-37-64(55)76)78-66-39-21-15-33-57(66)59-45-51(41-43-68(59)78)48-24-6-2-7-25-48/h1-45H/i1D,2D,3D,4D,5D,6D,7D,8D,9D,14D,15D,20D,21D,22D,23D,24D,25D,26D,27D,32D,33D,38D,39D. The molecule has 0 aliphatic heterocycles. The van der Waals surface area contributed by atoms with Gasteiger partial charge in [-0.2, -0.15) is 5.26 Å². The maximum absolute atomic E-state index is 13.1. The van der Waals surface area contributed by atoms with E-state index in [0.717, 1.165) is 0 Å². The Hall–Kier alpha value is -10.7. The summed E-state index contributed by atoms with van der Waals surface area (Å²) in [6.07, 6.45) is 0. The summed E-state index contributed by atoms with van der Waals surface area (Å²) in [5, 5.41) is 15.1. The van der Waals surface area contributed by atoms with Crippen LogP contribution in [0.25, 0.3) is 143 Å². The number of aromatic nitrogens is 4. The molecule has 0 spiro atoms. The highest BCUT2D eigenvalue weighted by molar-refractivity contribution is 6.17. The molecule has 0 atom stereocenters. The normalized spacial score (nSPS) is 16.0. The fourth-order valence-corrected chi connectivity index (χ4v) is 11.6. The van der Waals surface area contributed by atoms with E-state index in [1.807, 2.05) is 24.3 Å². The lowest BCUT2D eigenvalue weighted by molar-refractivity contribution is 1.04. The lowest BCUT2D eigenvalue weighted by Crippen LogP contribution is -2.16. The van der Waals surface area contributed by atoms with Crippen LogP contribution >= 0.6 is 0 Å². The molecule has 0 saturated carbocycles. The summed E-state index contributed by atoms with van der Waals surface area (Å²) in [5.74, 6) is 0. The quantitative estimate of drug-likeness (QED) is 0.157. The molecule has 0 radical (unpaired) electrons. The zero-order valence-corrected chi connectivity index (χ0v) is 40.4. The highest BCUT2D eigenvalue weighted by atomic mass is 15.1. The van der Waals surface area contributed by atoms with Crippen molar-refractivity contribution in [2.75, 3.05) is 0 Å². The van der Waals surface area contributed by atoms with Gasteiger partial charge in [0, 0.05) is 48.7 Å². The Kier molecular flexibility index (Phi) is 5.88. The second-order valence-corrected chi connectivity index (χ2v) is 18.6. The van der Waals surface area contributed by atoms with E-state index in [0.29, 0.717) is 43.6 Å². The Morgan fingerprint density at radius 2 is 0.590 bits per heavy atom. The van der Waals surface area contributed by atoms with E-state index in [2.05, 4.69) is 6.07 Å². The number of fused-ring (bicyclic) bond motifs is 12. The fourth-order valence-electron chi connectivity index (χ4n) is 11.6. The van der Waals surface area contributed by atoms with Crippen LogP contribution in [0.1, 0.15) is 37.1 Å². The van der Waals surface area contributed by atoms with Gasteiger partial charge in [-0.25, -0.2) is 0 Å². The smallest absolute Gasteiger partial charge is 0.104 e. The van der Waals surface area contributed by atoms with Crippen LogP contribution in [0, 0.1) is 11.3 Å². The molecule has 78 heavy (non-hydrogen) atoms. The first-order valence-corrected chi connectivity index (χ1v) is 24.7. The summed E-state index contributed by atoms with van der Waals surface area (Å²) in [6, 6.07) is 23.3. The first-order chi connectivity index (χ1) is 48.3. The SMILES string of the molecule is [2H]c1c([2H])c([2H])c(-c2ccc3c(c2)c2c([2H])c([2H])c([2H])c([2H])c2n3-c2c(-c3c([2H])c([2H])c([2H])c([2H])c3[2H])c(-n3c4ccc(-c5c([2H])c([2H])c([2H])c([2H])c5[2H])cc4c4c([2H])c([2H])c([2H])c([2H])c43)c(-n3c4ccccc4c4ccccc43)c(C#N)c2-n2c3ccccc3c3ccccc32)c([2H])c1[2H]. The third kappa shape index (κ3) is 6.29. The second-order valence-electron chi connectivity index (χ2n) is 18.6. The van der Waals surface area contributed by atoms with Gasteiger partial charge < -0.3 is 18.3 Å². The molecule has 0 N–H and O–H groups in total. The molecule has 362 valence electrons. The molecule has 12 aromatic carbocycles. The molecule has 0 unspecified atom stereocenters. The molecule has 0 amide bonds. The minimum atomic E-state index is -0.876. The molecule has 16 aromatic rings.